The number of rotatable bonds is 5. The van der Waals surface area contributed by atoms with Gasteiger partial charge in [0.05, 0.1) is 18.6 Å². The van der Waals surface area contributed by atoms with Crippen LogP contribution in [0.15, 0.2) is 23.1 Å². The number of ether oxygens (including phenoxy) is 1. The zero-order chi connectivity index (χ0) is 12.8. The summed E-state index contributed by atoms with van der Waals surface area (Å²) in [5, 5.41) is 0.676. The van der Waals surface area contributed by atoms with Crippen molar-refractivity contribution in [2.24, 2.45) is 5.73 Å². The van der Waals surface area contributed by atoms with Gasteiger partial charge in [-0.1, -0.05) is 17.7 Å². The summed E-state index contributed by atoms with van der Waals surface area (Å²) in [5.41, 5.74) is 6.77. The van der Waals surface area contributed by atoms with Gasteiger partial charge in [-0.15, -0.1) is 11.8 Å². The van der Waals surface area contributed by atoms with Crippen LogP contribution in [0.1, 0.15) is 24.9 Å². The molecule has 1 rings (SSSR count). The molecule has 1 atom stereocenters. The van der Waals surface area contributed by atoms with Crippen LogP contribution in [0.4, 0.5) is 0 Å². The molecule has 0 aliphatic rings. The SMILES string of the molecule is COC(=O)CCSc1ccc([C@H](C)N)cc1Cl. The lowest BCUT2D eigenvalue weighted by Gasteiger charge is -2.09. The summed E-state index contributed by atoms with van der Waals surface area (Å²) in [6.07, 6.45) is 0.381. The second-order valence-corrected chi connectivity index (χ2v) is 5.20. The summed E-state index contributed by atoms with van der Waals surface area (Å²) in [6, 6.07) is 5.73. The highest BCUT2D eigenvalue weighted by Crippen LogP contribution is 2.29. The number of hydrogen-bond donors (Lipinski definition) is 1. The molecule has 1 aromatic rings. The van der Waals surface area contributed by atoms with Crippen molar-refractivity contribution in [3.05, 3.63) is 28.8 Å². The Morgan fingerprint density at radius 2 is 2.29 bits per heavy atom. The number of hydrogen-bond acceptors (Lipinski definition) is 4. The molecule has 0 unspecified atom stereocenters. The van der Waals surface area contributed by atoms with Crippen molar-refractivity contribution in [2.45, 2.75) is 24.3 Å². The Kier molecular flexibility index (Phi) is 5.82. The van der Waals surface area contributed by atoms with Gasteiger partial charge in [0.2, 0.25) is 0 Å². The van der Waals surface area contributed by atoms with Crippen LogP contribution in [0, 0.1) is 0 Å². The second kappa shape index (κ2) is 6.89. The molecular formula is C12H16ClNO2S. The second-order valence-electron chi connectivity index (χ2n) is 3.65. The van der Waals surface area contributed by atoms with Crippen molar-refractivity contribution in [2.75, 3.05) is 12.9 Å². The molecule has 0 aliphatic carbocycles. The standard InChI is InChI=1S/C12H16ClNO2S/c1-8(14)9-3-4-11(10(13)7-9)17-6-5-12(15)16-2/h3-4,7-8H,5-6,14H2,1-2H3/t8-/m0/s1. The van der Waals surface area contributed by atoms with E-state index < -0.39 is 0 Å². The van der Waals surface area contributed by atoms with Gasteiger partial charge in [-0.2, -0.15) is 0 Å². The molecule has 0 amide bonds. The van der Waals surface area contributed by atoms with Crippen molar-refractivity contribution in [3.63, 3.8) is 0 Å². The quantitative estimate of drug-likeness (QED) is 0.662. The summed E-state index contributed by atoms with van der Waals surface area (Å²) in [7, 11) is 1.39. The number of methoxy groups -OCH3 is 1. The summed E-state index contributed by atoms with van der Waals surface area (Å²) in [4.78, 5) is 11.9. The van der Waals surface area contributed by atoms with Crippen LogP contribution in [-0.2, 0) is 9.53 Å². The van der Waals surface area contributed by atoms with E-state index >= 15 is 0 Å². The Hall–Kier alpha value is -0.710. The smallest absolute Gasteiger partial charge is 0.306 e. The summed E-state index contributed by atoms with van der Waals surface area (Å²) >= 11 is 7.67. The van der Waals surface area contributed by atoms with E-state index in [0.29, 0.717) is 17.2 Å². The maximum atomic E-state index is 10.9. The summed E-state index contributed by atoms with van der Waals surface area (Å²) < 4.78 is 4.57. The molecule has 2 N–H and O–H groups in total. The van der Waals surface area contributed by atoms with Crippen LogP contribution in [0.2, 0.25) is 5.02 Å². The van der Waals surface area contributed by atoms with Crippen LogP contribution < -0.4 is 5.73 Å². The first-order valence-electron chi connectivity index (χ1n) is 5.29. The van der Waals surface area contributed by atoms with Gasteiger partial charge >= 0.3 is 5.97 Å². The van der Waals surface area contributed by atoms with Crippen LogP contribution in [0.25, 0.3) is 0 Å². The number of thioether (sulfide) groups is 1. The monoisotopic (exact) mass is 273 g/mol. The lowest BCUT2D eigenvalue weighted by Crippen LogP contribution is -2.04. The van der Waals surface area contributed by atoms with E-state index in [1.165, 1.54) is 18.9 Å². The van der Waals surface area contributed by atoms with Gasteiger partial charge in [0.15, 0.2) is 0 Å². The van der Waals surface area contributed by atoms with Gasteiger partial charge in [0.1, 0.15) is 0 Å². The Morgan fingerprint density at radius 1 is 1.59 bits per heavy atom. The van der Waals surface area contributed by atoms with E-state index in [1.54, 1.807) is 0 Å². The minimum absolute atomic E-state index is 0.0263. The van der Waals surface area contributed by atoms with Crippen LogP contribution in [0.5, 0.6) is 0 Å². The summed E-state index contributed by atoms with van der Waals surface area (Å²) in [5.74, 6) is 0.449. The first-order valence-corrected chi connectivity index (χ1v) is 6.65. The molecule has 0 saturated heterocycles. The topological polar surface area (TPSA) is 52.3 Å². The normalized spacial score (nSPS) is 12.2. The number of halogens is 1. The van der Waals surface area contributed by atoms with Gasteiger partial charge in [-0.05, 0) is 24.6 Å². The van der Waals surface area contributed by atoms with E-state index in [-0.39, 0.29) is 12.0 Å². The molecule has 0 saturated carbocycles. The van der Waals surface area contributed by atoms with Gasteiger partial charge in [0.25, 0.3) is 0 Å². The Bertz CT molecular complexity index is 396. The molecule has 0 aromatic heterocycles. The van der Waals surface area contributed by atoms with Crippen molar-refractivity contribution in [1.82, 2.24) is 0 Å². The molecular weight excluding hydrogens is 258 g/mol. The van der Waals surface area contributed by atoms with Crippen LogP contribution in [-0.4, -0.2) is 18.8 Å². The van der Waals surface area contributed by atoms with Crippen LogP contribution >= 0.6 is 23.4 Å². The third-order valence-electron chi connectivity index (χ3n) is 2.27. The molecule has 5 heteroatoms. The van der Waals surface area contributed by atoms with E-state index in [2.05, 4.69) is 4.74 Å². The van der Waals surface area contributed by atoms with E-state index in [9.17, 15) is 4.79 Å². The van der Waals surface area contributed by atoms with Crippen molar-refractivity contribution >= 4 is 29.3 Å². The predicted molar refractivity (Wildman–Crippen MR) is 71.4 cm³/mol. The maximum absolute atomic E-state index is 10.9. The Morgan fingerprint density at radius 3 is 2.82 bits per heavy atom. The highest BCUT2D eigenvalue weighted by Gasteiger charge is 2.07. The van der Waals surface area contributed by atoms with Crippen molar-refractivity contribution < 1.29 is 9.53 Å². The fraction of sp³-hybridized carbons (Fsp3) is 0.417. The largest absolute Gasteiger partial charge is 0.469 e. The fourth-order valence-electron chi connectivity index (χ4n) is 1.26. The maximum Gasteiger partial charge on any atom is 0.306 e. The predicted octanol–water partition coefficient (Wildman–Crippen LogP) is 3.01. The zero-order valence-corrected chi connectivity index (χ0v) is 11.5. The molecule has 94 valence electrons. The minimum atomic E-state index is -0.208. The van der Waals surface area contributed by atoms with Crippen molar-refractivity contribution in [1.29, 1.82) is 0 Å². The van der Waals surface area contributed by atoms with E-state index in [1.807, 2.05) is 25.1 Å². The molecule has 0 spiro atoms. The minimum Gasteiger partial charge on any atom is -0.469 e. The van der Waals surface area contributed by atoms with Gasteiger partial charge in [0, 0.05) is 16.7 Å². The van der Waals surface area contributed by atoms with Crippen LogP contribution in [0.3, 0.4) is 0 Å². The lowest BCUT2D eigenvalue weighted by atomic mass is 10.1. The lowest BCUT2D eigenvalue weighted by molar-refractivity contribution is -0.140. The van der Waals surface area contributed by atoms with E-state index in [4.69, 9.17) is 17.3 Å². The van der Waals surface area contributed by atoms with E-state index in [0.717, 1.165) is 10.5 Å². The fourth-order valence-corrected chi connectivity index (χ4v) is 2.47. The highest BCUT2D eigenvalue weighted by molar-refractivity contribution is 7.99. The average molecular weight is 274 g/mol. The zero-order valence-electron chi connectivity index (χ0n) is 9.90. The highest BCUT2D eigenvalue weighted by atomic mass is 35.5. The third-order valence-corrected chi connectivity index (χ3v) is 3.77. The number of carbonyl (C=O) groups is 1. The molecule has 17 heavy (non-hydrogen) atoms. The molecule has 0 bridgehead atoms. The Labute approximate surface area is 111 Å². The number of esters is 1. The first-order chi connectivity index (χ1) is 8.04. The number of benzene rings is 1. The molecule has 0 fully saturated rings. The molecule has 0 radical (unpaired) electrons. The molecule has 0 aliphatic heterocycles. The molecule has 1 aromatic carbocycles. The number of nitrogens with two attached hydrogens (primary N) is 1. The summed E-state index contributed by atoms with van der Waals surface area (Å²) in [6.45, 7) is 1.91. The first kappa shape index (κ1) is 14.4. The van der Waals surface area contributed by atoms with Crippen molar-refractivity contribution in [3.8, 4) is 0 Å². The van der Waals surface area contributed by atoms with Gasteiger partial charge in [-0.25, -0.2) is 0 Å². The molecule has 3 nitrogen and oxygen atoms in total. The third kappa shape index (κ3) is 4.58. The van der Waals surface area contributed by atoms with Gasteiger partial charge < -0.3 is 10.5 Å². The number of carbonyl (C=O) groups excluding carboxylic acids is 1. The average Bonchev–Trinajstić information content (AvgIpc) is 2.30. The molecule has 0 heterocycles. The Balaban J connectivity index is 2.57. The van der Waals surface area contributed by atoms with Gasteiger partial charge in [-0.3, -0.25) is 4.79 Å².